The number of methoxy groups -OCH3 is 1. The van der Waals surface area contributed by atoms with E-state index in [1.165, 1.54) is 16.2 Å². The summed E-state index contributed by atoms with van der Waals surface area (Å²) in [5.41, 5.74) is 3.45. The first-order chi connectivity index (χ1) is 11.8. The summed E-state index contributed by atoms with van der Waals surface area (Å²) < 4.78 is 6.96. The van der Waals surface area contributed by atoms with Crippen molar-refractivity contribution < 1.29 is 9.53 Å². The summed E-state index contributed by atoms with van der Waals surface area (Å²) in [6, 6.07) is 0.143. The number of carbonyl (C=O) groups is 1. The number of aryl methyl sites for hydroxylation is 2. The fourth-order valence-corrected chi connectivity index (χ4v) is 2.42. The lowest BCUT2D eigenvalue weighted by Gasteiger charge is -2.19. The van der Waals surface area contributed by atoms with Gasteiger partial charge in [0.15, 0.2) is 5.96 Å². The first-order valence-corrected chi connectivity index (χ1v) is 8.49. The Labute approximate surface area is 173 Å². The molecule has 1 aromatic rings. The predicted molar refractivity (Wildman–Crippen MR) is 115 cm³/mol. The molecule has 1 atom stereocenters. The Morgan fingerprint density at radius 1 is 1.38 bits per heavy atom. The second-order valence-corrected chi connectivity index (χ2v) is 6.40. The Morgan fingerprint density at radius 2 is 2.04 bits per heavy atom. The molecule has 0 bridgehead atoms. The van der Waals surface area contributed by atoms with Gasteiger partial charge in [0.25, 0.3) is 0 Å². The van der Waals surface area contributed by atoms with Crippen molar-refractivity contribution >= 4 is 35.8 Å². The molecule has 1 unspecified atom stereocenters. The quantitative estimate of drug-likeness (QED) is 0.250. The Balaban J connectivity index is 0.00000625. The van der Waals surface area contributed by atoms with Crippen LogP contribution >= 0.6 is 24.0 Å². The van der Waals surface area contributed by atoms with Crippen LogP contribution in [0.25, 0.3) is 0 Å². The van der Waals surface area contributed by atoms with E-state index in [0.29, 0.717) is 19.1 Å². The molecule has 0 fully saturated rings. The number of hydrogen-bond acceptors (Lipinski definition) is 4. The molecule has 1 rings (SSSR count). The number of hydrogen-bond donors (Lipinski definition) is 2. The molecule has 0 spiro atoms. The van der Waals surface area contributed by atoms with Crippen LogP contribution in [0.2, 0.25) is 0 Å². The summed E-state index contributed by atoms with van der Waals surface area (Å²) in [6.45, 7) is 7.48. The van der Waals surface area contributed by atoms with E-state index in [0.717, 1.165) is 12.1 Å². The molecular weight excluding hydrogens is 447 g/mol. The average Bonchev–Trinajstić information content (AvgIpc) is 2.78. The van der Waals surface area contributed by atoms with Gasteiger partial charge in [0.2, 0.25) is 5.91 Å². The number of halogens is 1. The standard InChI is InChI=1S/C17H32N6O2.HI/c1-12(10-15-13(2)21-23(6)14(15)3)20-17(18-8-9-25-7)19-11-16(24)22(4)5;/h12H,8-11H2,1-7H3,(H2,18,19,20);1H. The monoisotopic (exact) mass is 480 g/mol. The van der Waals surface area contributed by atoms with Crippen LogP contribution in [0.15, 0.2) is 4.99 Å². The summed E-state index contributed by atoms with van der Waals surface area (Å²) in [6.07, 6.45) is 0.831. The van der Waals surface area contributed by atoms with E-state index in [1.54, 1.807) is 21.2 Å². The minimum Gasteiger partial charge on any atom is -0.383 e. The van der Waals surface area contributed by atoms with Gasteiger partial charge in [0.05, 0.1) is 12.3 Å². The van der Waals surface area contributed by atoms with Crippen LogP contribution in [0.5, 0.6) is 0 Å². The van der Waals surface area contributed by atoms with Gasteiger partial charge in [-0.25, -0.2) is 4.99 Å². The highest BCUT2D eigenvalue weighted by molar-refractivity contribution is 14.0. The maximum atomic E-state index is 11.8. The summed E-state index contributed by atoms with van der Waals surface area (Å²) in [4.78, 5) is 17.7. The topological polar surface area (TPSA) is 83.8 Å². The number of likely N-dealkylation sites (N-methyl/N-ethyl adjacent to an activating group) is 1. The van der Waals surface area contributed by atoms with Crippen molar-refractivity contribution in [1.82, 2.24) is 25.3 Å². The van der Waals surface area contributed by atoms with Crippen LogP contribution in [-0.2, 0) is 23.0 Å². The van der Waals surface area contributed by atoms with Crippen LogP contribution in [0.1, 0.15) is 23.9 Å². The molecule has 0 saturated heterocycles. The van der Waals surface area contributed by atoms with Gasteiger partial charge in [-0.15, -0.1) is 24.0 Å². The van der Waals surface area contributed by atoms with Crippen molar-refractivity contribution in [1.29, 1.82) is 0 Å². The van der Waals surface area contributed by atoms with E-state index < -0.39 is 0 Å². The van der Waals surface area contributed by atoms with Crippen LogP contribution in [0, 0.1) is 13.8 Å². The van der Waals surface area contributed by atoms with E-state index in [4.69, 9.17) is 4.74 Å². The third-order valence-electron chi connectivity index (χ3n) is 4.02. The molecule has 0 saturated carbocycles. The third kappa shape index (κ3) is 7.90. The molecule has 0 aliphatic heterocycles. The lowest BCUT2D eigenvalue weighted by molar-refractivity contribution is -0.127. The molecule has 0 aliphatic carbocycles. The summed E-state index contributed by atoms with van der Waals surface area (Å²) in [5.74, 6) is 0.568. The highest BCUT2D eigenvalue weighted by Gasteiger charge is 2.14. The van der Waals surface area contributed by atoms with Crippen molar-refractivity contribution in [2.24, 2.45) is 12.0 Å². The molecule has 26 heavy (non-hydrogen) atoms. The summed E-state index contributed by atoms with van der Waals surface area (Å²) in [5, 5.41) is 11.0. The smallest absolute Gasteiger partial charge is 0.243 e. The first-order valence-electron chi connectivity index (χ1n) is 8.49. The predicted octanol–water partition coefficient (Wildman–Crippen LogP) is 0.856. The number of aliphatic imine (C=N–C) groups is 1. The second kappa shape index (κ2) is 12.1. The molecular formula is C17H33IN6O2. The van der Waals surface area contributed by atoms with Gasteiger partial charge in [-0.2, -0.15) is 5.10 Å². The van der Waals surface area contributed by atoms with E-state index in [2.05, 4.69) is 34.6 Å². The minimum atomic E-state index is -0.0422. The molecule has 8 nitrogen and oxygen atoms in total. The van der Waals surface area contributed by atoms with Crippen LogP contribution < -0.4 is 10.6 Å². The molecule has 1 amide bonds. The van der Waals surface area contributed by atoms with Crippen molar-refractivity contribution in [3.63, 3.8) is 0 Å². The number of ether oxygens (including phenoxy) is 1. The maximum absolute atomic E-state index is 11.8. The SMILES string of the molecule is COCCNC(=NCC(=O)N(C)C)NC(C)Cc1c(C)nn(C)c1C.I. The number of guanidine groups is 1. The molecule has 0 aliphatic rings. The van der Waals surface area contributed by atoms with Gasteiger partial charge < -0.3 is 20.3 Å². The average molecular weight is 480 g/mol. The van der Waals surface area contributed by atoms with E-state index in [9.17, 15) is 4.79 Å². The van der Waals surface area contributed by atoms with Gasteiger partial charge in [-0.1, -0.05) is 0 Å². The van der Waals surface area contributed by atoms with Gasteiger partial charge >= 0.3 is 0 Å². The van der Waals surface area contributed by atoms with E-state index in [-0.39, 0.29) is 42.5 Å². The molecule has 0 radical (unpaired) electrons. The number of nitrogens with zero attached hydrogens (tertiary/aromatic N) is 4. The molecule has 2 N–H and O–H groups in total. The van der Waals surface area contributed by atoms with Gasteiger partial charge in [-0.3, -0.25) is 9.48 Å². The number of carbonyl (C=O) groups excluding carboxylic acids is 1. The maximum Gasteiger partial charge on any atom is 0.243 e. The molecule has 1 heterocycles. The Bertz CT molecular complexity index is 600. The highest BCUT2D eigenvalue weighted by atomic mass is 127. The second-order valence-electron chi connectivity index (χ2n) is 6.40. The lowest BCUT2D eigenvalue weighted by atomic mass is 10.1. The van der Waals surface area contributed by atoms with Crippen LogP contribution in [0.3, 0.4) is 0 Å². The third-order valence-corrected chi connectivity index (χ3v) is 4.02. The number of nitrogens with one attached hydrogen (secondary N) is 2. The van der Waals surface area contributed by atoms with E-state index >= 15 is 0 Å². The lowest BCUT2D eigenvalue weighted by Crippen LogP contribution is -2.44. The first kappa shape index (κ1) is 24.6. The van der Waals surface area contributed by atoms with Crippen molar-refractivity contribution in [2.45, 2.75) is 33.2 Å². The minimum absolute atomic E-state index is 0. The molecule has 1 aromatic heterocycles. The molecule has 9 heteroatoms. The summed E-state index contributed by atoms with van der Waals surface area (Å²) in [7, 11) is 7.05. The van der Waals surface area contributed by atoms with Crippen LogP contribution in [-0.4, -0.2) is 73.5 Å². The fraction of sp³-hybridized carbons (Fsp3) is 0.706. The largest absolute Gasteiger partial charge is 0.383 e. The zero-order valence-electron chi connectivity index (χ0n) is 16.9. The zero-order valence-corrected chi connectivity index (χ0v) is 19.2. The van der Waals surface area contributed by atoms with Gasteiger partial charge in [0, 0.05) is 46.5 Å². The fourth-order valence-electron chi connectivity index (χ4n) is 2.42. The summed E-state index contributed by atoms with van der Waals surface area (Å²) >= 11 is 0. The van der Waals surface area contributed by atoms with E-state index in [1.807, 2.05) is 18.7 Å². The van der Waals surface area contributed by atoms with Crippen LogP contribution in [0.4, 0.5) is 0 Å². The Kier molecular flexibility index (Phi) is 11.5. The molecule has 150 valence electrons. The van der Waals surface area contributed by atoms with Gasteiger partial charge in [-0.05, 0) is 32.8 Å². The number of aromatic nitrogens is 2. The van der Waals surface area contributed by atoms with Crippen molar-refractivity contribution in [3.05, 3.63) is 17.0 Å². The normalized spacial score (nSPS) is 12.3. The zero-order chi connectivity index (χ0) is 19.0. The van der Waals surface area contributed by atoms with Crippen molar-refractivity contribution in [2.75, 3.05) is 40.9 Å². The highest BCUT2D eigenvalue weighted by Crippen LogP contribution is 2.14. The van der Waals surface area contributed by atoms with Gasteiger partial charge in [0.1, 0.15) is 6.54 Å². The Morgan fingerprint density at radius 3 is 2.54 bits per heavy atom. The Hall–Kier alpha value is -1.36. The number of amides is 1. The van der Waals surface area contributed by atoms with Crippen molar-refractivity contribution in [3.8, 4) is 0 Å². The molecule has 0 aromatic carbocycles. The number of rotatable bonds is 8.